The minimum absolute atomic E-state index is 0.00307. The lowest BCUT2D eigenvalue weighted by Gasteiger charge is -2.30. The van der Waals surface area contributed by atoms with E-state index in [2.05, 4.69) is 16.0 Å². The van der Waals surface area contributed by atoms with Crippen LogP contribution in [0.3, 0.4) is 0 Å². The van der Waals surface area contributed by atoms with E-state index in [9.17, 15) is 0 Å². The standard InChI is InChI=1S/C18H23N3O2/c1-22-17-14(5-2-6-15(17)19)13-11-20-21(12-13)16-7-3-8-18(16)9-4-10-23-18/h2,5-6,11-12,16H,3-4,7-10,19H2,1H3/t16-,18+/m1/s1. The first kappa shape index (κ1) is 14.6. The van der Waals surface area contributed by atoms with Crippen LogP contribution < -0.4 is 10.5 Å². The van der Waals surface area contributed by atoms with Crippen molar-refractivity contribution < 1.29 is 9.47 Å². The number of para-hydroxylation sites is 1. The SMILES string of the molecule is COc1c(N)cccc1-c1cnn([C@@H]2CCC[C@]23CCCO3)c1. The van der Waals surface area contributed by atoms with Gasteiger partial charge in [0.05, 0.1) is 30.6 Å². The van der Waals surface area contributed by atoms with Crippen molar-refractivity contribution in [2.75, 3.05) is 19.5 Å². The average Bonchev–Trinajstić information content (AvgIpc) is 3.29. The van der Waals surface area contributed by atoms with Crippen molar-refractivity contribution in [2.45, 2.75) is 43.7 Å². The first-order valence-electron chi connectivity index (χ1n) is 8.34. The number of rotatable bonds is 3. The van der Waals surface area contributed by atoms with Gasteiger partial charge in [-0.05, 0) is 38.2 Å². The molecule has 2 aliphatic rings. The molecule has 5 heteroatoms. The summed E-state index contributed by atoms with van der Waals surface area (Å²) in [6.45, 7) is 0.883. The molecule has 1 saturated carbocycles. The van der Waals surface area contributed by atoms with E-state index in [0.717, 1.165) is 43.4 Å². The molecule has 5 nitrogen and oxygen atoms in total. The van der Waals surface area contributed by atoms with Crippen LogP contribution in [0.25, 0.3) is 11.1 Å². The number of nitrogen functional groups attached to an aromatic ring is 1. The van der Waals surface area contributed by atoms with Crippen molar-refractivity contribution >= 4 is 5.69 Å². The van der Waals surface area contributed by atoms with Crippen molar-refractivity contribution in [3.63, 3.8) is 0 Å². The highest BCUT2D eigenvalue weighted by Gasteiger charge is 2.47. The molecule has 4 rings (SSSR count). The van der Waals surface area contributed by atoms with Crippen molar-refractivity contribution in [1.82, 2.24) is 9.78 Å². The third-order valence-electron chi connectivity index (χ3n) is 5.30. The van der Waals surface area contributed by atoms with Gasteiger partial charge in [0.1, 0.15) is 5.75 Å². The minimum atomic E-state index is 0.00307. The second kappa shape index (κ2) is 5.57. The number of methoxy groups -OCH3 is 1. The lowest BCUT2D eigenvalue weighted by Crippen LogP contribution is -2.34. The van der Waals surface area contributed by atoms with Gasteiger partial charge in [0.2, 0.25) is 0 Å². The molecule has 1 aromatic carbocycles. The Morgan fingerprint density at radius 2 is 2.22 bits per heavy atom. The zero-order chi connectivity index (χ0) is 15.9. The summed E-state index contributed by atoms with van der Waals surface area (Å²) in [5.41, 5.74) is 8.69. The van der Waals surface area contributed by atoms with Crippen LogP contribution in [0, 0.1) is 0 Å². The average molecular weight is 313 g/mol. The van der Waals surface area contributed by atoms with E-state index in [1.54, 1.807) is 7.11 Å². The highest BCUT2D eigenvalue weighted by Crippen LogP contribution is 2.48. The molecular formula is C18H23N3O2. The zero-order valence-electron chi connectivity index (χ0n) is 13.5. The second-order valence-corrected chi connectivity index (χ2v) is 6.56. The van der Waals surface area contributed by atoms with Gasteiger partial charge in [-0.15, -0.1) is 0 Å². The fraction of sp³-hybridized carbons (Fsp3) is 0.500. The number of aromatic nitrogens is 2. The zero-order valence-corrected chi connectivity index (χ0v) is 13.5. The maximum atomic E-state index is 6.14. The molecule has 1 spiro atoms. The molecule has 2 N–H and O–H groups in total. The Morgan fingerprint density at radius 3 is 3.00 bits per heavy atom. The normalized spacial score (nSPS) is 26.9. The van der Waals surface area contributed by atoms with Crippen LogP contribution in [0.4, 0.5) is 5.69 Å². The van der Waals surface area contributed by atoms with Crippen LogP contribution in [0.1, 0.15) is 38.1 Å². The lowest BCUT2D eigenvalue weighted by atomic mass is 9.94. The highest BCUT2D eigenvalue weighted by atomic mass is 16.5. The third kappa shape index (κ3) is 2.30. The first-order valence-corrected chi connectivity index (χ1v) is 8.34. The maximum Gasteiger partial charge on any atom is 0.149 e. The fourth-order valence-corrected chi connectivity index (χ4v) is 4.23. The Labute approximate surface area is 136 Å². The number of nitrogens with zero attached hydrogens (tertiary/aromatic N) is 2. The number of nitrogens with two attached hydrogens (primary N) is 1. The van der Waals surface area contributed by atoms with Crippen molar-refractivity contribution in [3.8, 4) is 16.9 Å². The van der Waals surface area contributed by atoms with Gasteiger partial charge in [0.25, 0.3) is 0 Å². The van der Waals surface area contributed by atoms with E-state index in [0.29, 0.717) is 17.5 Å². The second-order valence-electron chi connectivity index (χ2n) is 6.56. The van der Waals surface area contributed by atoms with Crippen LogP contribution in [0.2, 0.25) is 0 Å². The number of ether oxygens (including phenoxy) is 2. The number of hydrogen-bond acceptors (Lipinski definition) is 4. The third-order valence-corrected chi connectivity index (χ3v) is 5.30. The maximum absolute atomic E-state index is 6.14. The molecule has 0 amide bonds. The highest BCUT2D eigenvalue weighted by molar-refractivity contribution is 5.76. The summed E-state index contributed by atoms with van der Waals surface area (Å²) in [5.74, 6) is 0.713. The Bertz CT molecular complexity index is 699. The minimum Gasteiger partial charge on any atom is -0.494 e. The van der Waals surface area contributed by atoms with Gasteiger partial charge >= 0.3 is 0 Å². The summed E-state index contributed by atoms with van der Waals surface area (Å²) < 4.78 is 13.7. The van der Waals surface area contributed by atoms with Gasteiger partial charge in [-0.3, -0.25) is 4.68 Å². The van der Waals surface area contributed by atoms with Crippen LogP contribution in [-0.2, 0) is 4.74 Å². The Kier molecular flexibility index (Phi) is 3.53. The topological polar surface area (TPSA) is 62.3 Å². The number of anilines is 1. The quantitative estimate of drug-likeness (QED) is 0.882. The summed E-state index contributed by atoms with van der Waals surface area (Å²) >= 11 is 0. The van der Waals surface area contributed by atoms with E-state index >= 15 is 0 Å². The van der Waals surface area contributed by atoms with E-state index in [1.807, 2.05) is 24.4 Å². The number of hydrogen-bond donors (Lipinski definition) is 1. The summed E-state index contributed by atoms with van der Waals surface area (Å²) in [4.78, 5) is 0. The van der Waals surface area contributed by atoms with Crippen molar-refractivity contribution in [2.24, 2.45) is 0 Å². The predicted molar refractivity (Wildman–Crippen MR) is 89.4 cm³/mol. The van der Waals surface area contributed by atoms with Crippen LogP contribution >= 0.6 is 0 Å². The predicted octanol–water partition coefficient (Wildman–Crippen LogP) is 3.42. The molecule has 1 aromatic heterocycles. The molecule has 122 valence electrons. The molecule has 23 heavy (non-hydrogen) atoms. The molecule has 1 saturated heterocycles. The Morgan fingerprint density at radius 1 is 1.35 bits per heavy atom. The summed E-state index contributed by atoms with van der Waals surface area (Å²) in [6.07, 6.45) is 9.81. The van der Waals surface area contributed by atoms with Gasteiger partial charge < -0.3 is 15.2 Å². The number of benzene rings is 1. The Hall–Kier alpha value is -2.01. The monoisotopic (exact) mass is 313 g/mol. The lowest BCUT2D eigenvalue weighted by molar-refractivity contribution is -0.0247. The van der Waals surface area contributed by atoms with Crippen LogP contribution in [-0.4, -0.2) is 29.1 Å². The summed E-state index contributed by atoms with van der Waals surface area (Å²) in [6, 6.07) is 6.16. The molecule has 2 aromatic rings. The fourth-order valence-electron chi connectivity index (χ4n) is 4.23. The largest absolute Gasteiger partial charge is 0.494 e. The molecule has 2 heterocycles. The summed E-state index contributed by atoms with van der Waals surface area (Å²) in [5, 5.41) is 4.64. The van der Waals surface area contributed by atoms with Crippen molar-refractivity contribution in [1.29, 1.82) is 0 Å². The summed E-state index contributed by atoms with van der Waals surface area (Å²) in [7, 11) is 1.65. The van der Waals surface area contributed by atoms with E-state index in [-0.39, 0.29) is 5.60 Å². The van der Waals surface area contributed by atoms with Gasteiger partial charge in [-0.25, -0.2) is 0 Å². The smallest absolute Gasteiger partial charge is 0.149 e. The Balaban J connectivity index is 1.69. The molecule has 2 atom stereocenters. The van der Waals surface area contributed by atoms with E-state index in [1.165, 1.54) is 6.42 Å². The first-order chi connectivity index (χ1) is 11.2. The molecule has 2 fully saturated rings. The molecule has 1 aliphatic heterocycles. The molecule has 0 radical (unpaired) electrons. The molecule has 0 bridgehead atoms. The van der Waals surface area contributed by atoms with Crippen LogP contribution in [0.15, 0.2) is 30.6 Å². The van der Waals surface area contributed by atoms with E-state index < -0.39 is 0 Å². The van der Waals surface area contributed by atoms with E-state index in [4.69, 9.17) is 15.2 Å². The van der Waals surface area contributed by atoms with Crippen LogP contribution in [0.5, 0.6) is 5.75 Å². The molecule has 1 aliphatic carbocycles. The van der Waals surface area contributed by atoms with Gasteiger partial charge in [-0.1, -0.05) is 12.1 Å². The van der Waals surface area contributed by atoms with Gasteiger partial charge in [-0.2, -0.15) is 5.10 Å². The molecule has 0 unspecified atom stereocenters. The van der Waals surface area contributed by atoms with Crippen molar-refractivity contribution in [3.05, 3.63) is 30.6 Å². The molecular weight excluding hydrogens is 290 g/mol. The van der Waals surface area contributed by atoms with Gasteiger partial charge in [0, 0.05) is 23.9 Å². The van der Waals surface area contributed by atoms with Gasteiger partial charge in [0.15, 0.2) is 0 Å².